The van der Waals surface area contributed by atoms with E-state index in [9.17, 15) is 9.59 Å². The molecule has 28 heavy (non-hydrogen) atoms. The summed E-state index contributed by atoms with van der Waals surface area (Å²) in [5, 5.41) is 6.81. The lowest BCUT2D eigenvalue weighted by molar-refractivity contribution is -0.132. The molecule has 2 aliphatic rings. The third-order valence-corrected chi connectivity index (χ3v) is 5.40. The van der Waals surface area contributed by atoms with Crippen LogP contribution in [0.3, 0.4) is 0 Å². The first-order chi connectivity index (χ1) is 13.7. The van der Waals surface area contributed by atoms with Gasteiger partial charge in [-0.15, -0.1) is 0 Å². The highest BCUT2D eigenvalue weighted by Gasteiger charge is 2.53. The fourth-order valence-corrected chi connectivity index (χ4v) is 4.08. The maximum atomic E-state index is 13.4. The van der Waals surface area contributed by atoms with Gasteiger partial charge in [0.25, 0.3) is 5.91 Å². The minimum absolute atomic E-state index is 0.0811. The van der Waals surface area contributed by atoms with Crippen molar-refractivity contribution in [2.24, 2.45) is 0 Å². The summed E-state index contributed by atoms with van der Waals surface area (Å²) in [7, 11) is 0. The van der Waals surface area contributed by atoms with Crippen LogP contribution in [0, 0.1) is 0 Å². The number of fused-ring (bicyclic) bond motifs is 2. The molecule has 3 aromatic rings. The highest BCUT2D eigenvalue weighted by molar-refractivity contribution is 6.07. The van der Waals surface area contributed by atoms with Gasteiger partial charge in [-0.1, -0.05) is 29.4 Å². The number of nitrogens with zero attached hydrogens (tertiary/aromatic N) is 3. The Balaban J connectivity index is 1.45. The van der Waals surface area contributed by atoms with Crippen LogP contribution in [0.4, 0.5) is 4.79 Å². The first kappa shape index (κ1) is 16.7. The summed E-state index contributed by atoms with van der Waals surface area (Å²) < 4.78 is 10.5. The summed E-state index contributed by atoms with van der Waals surface area (Å²) in [6.07, 6.45) is 4.83. The van der Waals surface area contributed by atoms with Gasteiger partial charge in [0.1, 0.15) is 12.1 Å². The molecule has 0 radical (unpaired) electrons. The third-order valence-electron chi connectivity index (χ3n) is 5.40. The van der Waals surface area contributed by atoms with Crippen LogP contribution in [0.25, 0.3) is 11.6 Å². The number of urea groups is 1. The van der Waals surface area contributed by atoms with Gasteiger partial charge in [-0.2, -0.15) is 4.98 Å². The number of amides is 3. The van der Waals surface area contributed by atoms with Crippen LogP contribution in [0.5, 0.6) is 0 Å². The van der Waals surface area contributed by atoms with E-state index in [-0.39, 0.29) is 24.2 Å². The molecule has 5 rings (SSSR count). The largest absolute Gasteiger partial charge is 0.461 e. The molecule has 0 bridgehead atoms. The minimum Gasteiger partial charge on any atom is -0.461 e. The number of hydrogen-bond acceptors (Lipinski definition) is 6. The average molecular weight is 378 g/mol. The maximum absolute atomic E-state index is 13.4. The zero-order valence-electron chi connectivity index (χ0n) is 15.1. The van der Waals surface area contributed by atoms with Crippen LogP contribution >= 0.6 is 0 Å². The Morgan fingerprint density at radius 3 is 2.89 bits per heavy atom. The Hall–Kier alpha value is -3.42. The second-order valence-electron chi connectivity index (χ2n) is 7.08. The average Bonchev–Trinajstić information content (AvgIpc) is 3.40. The fraction of sp³-hybridized carbons (Fsp3) is 0.300. The number of aromatic nitrogens is 2. The van der Waals surface area contributed by atoms with Crippen LogP contribution in [-0.4, -0.2) is 27.0 Å². The Kier molecular flexibility index (Phi) is 3.78. The summed E-state index contributed by atoms with van der Waals surface area (Å²) in [4.78, 5) is 31.5. The Morgan fingerprint density at radius 2 is 2.04 bits per heavy atom. The highest BCUT2D eigenvalue weighted by Crippen LogP contribution is 2.39. The summed E-state index contributed by atoms with van der Waals surface area (Å²) in [5.41, 5.74) is 0.970. The summed E-state index contributed by atoms with van der Waals surface area (Å²) in [5.74, 6) is 0.640. The molecule has 3 heterocycles. The predicted octanol–water partition coefficient (Wildman–Crippen LogP) is 3.00. The van der Waals surface area contributed by atoms with E-state index in [1.165, 1.54) is 6.26 Å². The van der Waals surface area contributed by atoms with Crippen LogP contribution in [-0.2, 0) is 23.3 Å². The second-order valence-corrected chi connectivity index (χ2v) is 7.08. The highest BCUT2D eigenvalue weighted by atomic mass is 16.5. The SMILES string of the molecule is O=C1N[C@@]2(CCCCc3ccccc32)C(=O)N1Cc1nc(-c2ccco2)no1. The molecule has 1 spiro atoms. The number of nitrogens with one attached hydrogen (secondary N) is 1. The van der Waals surface area contributed by atoms with Crippen molar-refractivity contribution < 1.29 is 18.5 Å². The van der Waals surface area contributed by atoms with E-state index in [1.807, 2.05) is 24.3 Å². The van der Waals surface area contributed by atoms with E-state index in [0.717, 1.165) is 35.3 Å². The molecule has 1 aliphatic heterocycles. The van der Waals surface area contributed by atoms with Crippen LogP contribution in [0.1, 0.15) is 36.3 Å². The Bertz CT molecular complexity index is 1040. The molecule has 1 aliphatic carbocycles. The molecule has 1 atom stereocenters. The molecule has 8 heteroatoms. The number of carbonyl (C=O) groups excluding carboxylic acids is 2. The van der Waals surface area contributed by atoms with Crippen LogP contribution in [0.15, 0.2) is 51.6 Å². The van der Waals surface area contributed by atoms with Gasteiger partial charge in [-0.05, 0) is 48.9 Å². The van der Waals surface area contributed by atoms with E-state index < -0.39 is 11.6 Å². The fourth-order valence-electron chi connectivity index (χ4n) is 4.08. The molecule has 142 valence electrons. The van der Waals surface area contributed by atoms with Gasteiger partial charge >= 0.3 is 6.03 Å². The number of furan rings is 1. The van der Waals surface area contributed by atoms with Crippen molar-refractivity contribution in [2.75, 3.05) is 0 Å². The van der Waals surface area contributed by atoms with E-state index in [0.29, 0.717) is 12.2 Å². The number of rotatable bonds is 3. The van der Waals surface area contributed by atoms with E-state index in [4.69, 9.17) is 8.94 Å². The standard InChI is InChI=1S/C20H18N4O4/c25-18-20(10-4-3-7-13-6-1-2-8-14(13)20)22-19(26)24(18)12-16-21-17(23-28-16)15-9-5-11-27-15/h1-2,5-6,8-9,11H,3-4,7,10,12H2,(H,22,26)/t20-/m1/s1. The zero-order valence-corrected chi connectivity index (χ0v) is 15.1. The topological polar surface area (TPSA) is 101 Å². The van der Waals surface area contributed by atoms with Gasteiger partial charge in [0, 0.05) is 0 Å². The molecule has 0 saturated carbocycles. The van der Waals surface area contributed by atoms with Crippen molar-refractivity contribution in [3.8, 4) is 11.6 Å². The molecule has 1 aromatic carbocycles. The van der Waals surface area contributed by atoms with Gasteiger partial charge in [-0.3, -0.25) is 9.69 Å². The molecule has 8 nitrogen and oxygen atoms in total. The summed E-state index contributed by atoms with van der Waals surface area (Å²) in [6.45, 7) is -0.0811. The van der Waals surface area contributed by atoms with Crippen molar-refractivity contribution in [2.45, 2.75) is 37.8 Å². The minimum atomic E-state index is -1.02. The van der Waals surface area contributed by atoms with Crippen molar-refractivity contribution in [3.63, 3.8) is 0 Å². The molecular weight excluding hydrogens is 360 g/mol. The van der Waals surface area contributed by atoms with E-state index >= 15 is 0 Å². The first-order valence-corrected chi connectivity index (χ1v) is 9.26. The molecule has 1 saturated heterocycles. The summed E-state index contributed by atoms with van der Waals surface area (Å²) >= 11 is 0. The Morgan fingerprint density at radius 1 is 1.14 bits per heavy atom. The van der Waals surface area contributed by atoms with Crippen molar-refractivity contribution in [1.29, 1.82) is 0 Å². The number of benzene rings is 1. The molecule has 0 unspecified atom stereocenters. The molecule has 1 N–H and O–H groups in total. The number of carbonyl (C=O) groups is 2. The van der Waals surface area contributed by atoms with Gasteiger partial charge < -0.3 is 14.3 Å². The molecule has 1 fully saturated rings. The molecule has 3 amide bonds. The van der Waals surface area contributed by atoms with Crippen molar-refractivity contribution >= 4 is 11.9 Å². The lowest BCUT2D eigenvalue weighted by Gasteiger charge is -2.27. The number of imide groups is 1. The van der Waals surface area contributed by atoms with Gasteiger partial charge in [0.15, 0.2) is 5.76 Å². The van der Waals surface area contributed by atoms with Gasteiger partial charge in [-0.25, -0.2) is 4.79 Å². The second kappa shape index (κ2) is 6.33. The predicted molar refractivity (Wildman–Crippen MR) is 96.8 cm³/mol. The number of hydrogen-bond donors (Lipinski definition) is 1. The molecule has 2 aromatic heterocycles. The van der Waals surface area contributed by atoms with Crippen molar-refractivity contribution in [3.05, 3.63) is 59.7 Å². The van der Waals surface area contributed by atoms with E-state index in [1.54, 1.807) is 12.1 Å². The molecular formula is C20H18N4O4. The monoisotopic (exact) mass is 378 g/mol. The number of aryl methyl sites for hydroxylation is 1. The smallest absolute Gasteiger partial charge is 0.325 e. The third kappa shape index (κ3) is 2.52. The zero-order chi connectivity index (χ0) is 19.1. The van der Waals surface area contributed by atoms with Gasteiger partial charge in [0.2, 0.25) is 11.7 Å². The normalized spacial score (nSPS) is 21.6. The quantitative estimate of drug-likeness (QED) is 0.703. The first-order valence-electron chi connectivity index (χ1n) is 9.26. The maximum Gasteiger partial charge on any atom is 0.325 e. The van der Waals surface area contributed by atoms with Crippen molar-refractivity contribution in [1.82, 2.24) is 20.4 Å². The Labute approximate surface area is 160 Å². The lowest BCUT2D eigenvalue weighted by atomic mass is 9.84. The van der Waals surface area contributed by atoms with Crippen LogP contribution in [0.2, 0.25) is 0 Å². The summed E-state index contributed by atoms with van der Waals surface area (Å²) in [6, 6.07) is 10.8. The lowest BCUT2D eigenvalue weighted by Crippen LogP contribution is -2.44. The van der Waals surface area contributed by atoms with Crippen LogP contribution < -0.4 is 5.32 Å². The van der Waals surface area contributed by atoms with E-state index in [2.05, 4.69) is 15.5 Å². The van der Waals surface area contributed by atoms with Gasteiger partial charge in [0.05, 0.1) is 6.26 Å².